The predicted molar refractivity (Wildman–Crippen MR) is 122 cm³/mol. The number of esters is 1. The van der Waals surface area contributed by atoms with E-state index in [0.29, 0.717) is 42.3 Å². The van der Waals surface area contributed by atoms with Crippen LogP contribution in [-0.4, -0.2) is 46.2 Å². The maximum atomic E-state index is 13.3. The fraction of sp³-hybridized carbons (Fsp3) is 0.333. The SMILES string of the molecule is CCCOC(=O)c1c2c(nc3ccc(C)cc13)CCN(C(=O)c1cccnc1SC)C2. The summed E-state index contributed by atoms with van der Waals surface area (Å²) in [7, 11) is 0. The second-order valence-electron chi connectivity index (χ2n) is 7.61. The van der Waals surface area contributed by atoms with Crippen LogP contribution in [0.4, 0.5) is 0 Å². The molecule has 0 aliphatic carbocycles. The number of hydrogen-bond acceptors (Lipinski definition) is 6. The first kappa shape index (κ1) is 21.3. The molecular weight excluding hydrogens is 410 g/mol. The third-order valence-electron chi connectivity index (χ3n) is 5.42. The molecule has 160 valence electrons. The Morgan fingerprint density at radius 2 is 2.10 bits per heavy atom. The fourth-order valence-electron chi connectivity index (χ4n) is 3.92. The summed E-state index contributed by atoms with van der Waals surface area (Å²) < 4.78 is 5.52. The largest absolute Gasteiger partial charge is 0.462 e. The highest BCUT2D eigenvalue weighted by molar-refractivity contribution is 7.98. The van der Waals surface area contributed by atoms with Gasteiger partial charge in [0.2, 0.25) is 0 Å². The molecule has 1 aliphatic heterocycles. The lowest BCUT2D eigenvalue weighted by Gasteiger charge is -2.30. The highest BCUT2D eigenvalue weighted by Crippen LogP contribution is 2.31. The molecule has 4 rings (SSSR count). The Morgan fingerprint density at radius 3 is 2.87 bits per heavy atom. The molecule has 0 spiro atoms. The molecule has 0 bridgehead atoms. The smallest absolute Gasteiger partial charge is 0.339 e. The zero-order valence-corrected chi connectivity index (χ0v) is 18.8. The molecule has 7 heteroatoms. The molecular formula is C24H25N3O3S. The van der Waals surface area contributed by atoms with Crippen LogP contribution < -0.4 is 0 Å². The molecule has 0 unspecified atom stereocenters. The van der Waals surface area contributed by atoms with Crippen molar-refractivity contribution in [3.63, 3.8) is 0 Å². The number of ether oxygens (including phenoxy) is 1. The maximum Gasteiger partial charge on any atom is 0.339 e. The minimum atomic E-state index is -0.350. The topological polar surface area (TPSA) is 72.4 Å². The third-order valence-corrected chi connectivity index (χ3v) is 6.13. The van der Waals surface area contributed by atoms with Gasteiger partial charge in [0.05, 0.1) is 23.3 Å². The van der Waals surface area contributed by atoms with Crippen molar-refractivity contribution in [3.8, 4) is 0 Å². The van der Waals surface area contributed by atoms with E-state index in [9.17, 15) is 9.59 Å². The molecule has 6 nitrogen and oxygen atoms in total. The van der Waals surface area contributed by atoms with E-state index in [1.807, 2.05) is 38.3 Å². The second-order valence-corrected chi connectivity index (χ2v) is 8.40. The van der Waals surface area contributed by atoms with Crippen LogP contribution in [0.2, 0.25) is 0 Å². The lowest BCUT2D eigenvalue weighted by atomic mass is 9.94. The summed E-state index contributed by atoms with van der Waals surface area (Å²) in [4.78, 5) is 37.3. The molecule has 1 amide bonds. The van der Waals surface area contributed by atoms with Gasteiger partial charge in [-0.1, -0.05) is 18.6 Å². The van der Waals surface area contributed by atoms with E-state index < -0.39 is 0 Å². The molecule has 3 heterocycles. The van der Waals surface area contributed by atoms with E-state index in [1.165, 1.54) is 11.8 Å². The number of pyridine rings is 2. The van der Waals surface area contributed by atoms with Crippen LogP contribution in [0, 0.1) is 6.92 Å². The number of amides is 1. The maximum absolute atomic E-state index is 13.3. The minimum Gasteiger partial charge on any atom is -0.462 e. The van der Waals surface area contributed by atoms with Crippen LogP contribution in [0.1, 0.15) is 50.9 Å². The quantitative estimate of drug-likeness (QED) is 0.436. The summed E-state index contributed by atoms with van der Waals surface area (Å²) in [6.45, 7) is 5.18. The van der Waals surface area contributed by atoms with Crippen molar-refractivity contribution < 1.29 is 14.3 Å². The fourth-order valence-corrected chi connectivity index (χ4v) is 4.46. The Hall–Kier alpha value is -2.93. The monoisotopic (exact) mass is 435 g/mol. The van der Waals surface area contributed by atoms with Gasteiger partial charge in [-0.25, -0.2) is 9.78 Å². The van der Waals surface area contributed by atoms with Gasteiger partial charge < -0.3 is 9.64 Å². The van der Waals surface area contributed by atoms with Gasteiger partial charge in [-0.3, -0.25) is 9.78 Å². The average molecular weight is 436 g/mol. The Bertz CT molecular complexity index is 1160. The summed E-state index contributed by atoms with van der Waals surface area (Å²) in [6, 6.07) is 9.48. The first-order valence-electron chi connectivity index (χ1n) is 10.4. The third kappa shape index (κ3) is 4.14. The van der Waals surface area contributed by atoms with Gasteiger partial charge in [-0.2, -0.15) is 0 Å². The highest BCUT2D eigenvalue weighted by atomic mass is 32.2. The molecule has 0 N–H and O–H groups in total. The van der Waals surface area contributed by atoms with E-state index in [0.717, 1.165) is 34.1 Å². The van der Waals surface area contributed by atoms with Gasteiger partial charge in [0.25, 0.3) is 5.91 Å². The van der Waals surface area contributed by atoms with Gasteiger partial charge in [0, 0.05) is 42.4 Å². The van der Waals surface area contributed by atoms with Crippen molar-refractivity contribution >= 4 is 34.5 Å². The van der Waals surface area contributed by atoms with E-state index in [2.05, 4.69) is 4.98 Å². The van der Waals surface area contributed by atoms with Crippen LogP contribution in [0.15, 0.2) is 41.6 Å². The Labute approximate surface area is 186 Å². The lowest BCUT2D eigenvalue weighted by molar-refractivity contribution is 0.0501. The summed E-state index contributed by atoms with van der Waals surface area (Å²) in [5.41, 5.74) is 4.59. The zero-order chi connectivity index (χ0) is 22.0. The van der Waals surface area contributed by atoms with Crippen LogP contribution >= 0.6 is 11.8 Å². The van der Waals surface area contributed by atoms with Crippen molar-refractivity contribution in [2.24, 2.45) is 0 Å². The summed E-state index contributed by atoms with van der Waals surface area (Å²) in [5.74, 6) is -0.433. The molecule has 0 atom stereocenters. The van der Waals surface area contributed by atoms with Gasteiger partial charge in [-0.05, 0) is 43.9 Å². The molecule has 0 saturated carbocycles. The Balaban J connectivity index is 1.78. The Morgan fingerprint density at radius 1 is 1.26 bits per heavy atom. The first-order chi connectivity index (χ1) is 15.0. The summed E-state index contributed by atoms with van der Waals surface area (Å²) in [5, 5.41) is 1.48. The number of thioether (sulfide) groups is 1. The number of hydrogen-bond donors (Lipinski definition) is 0. The molecule has 0 radical (unpaired) electrons. The second kappa shape index (κ2) is 9.06. The van der Waals surface area contributed by atoms with Crippen molar-refractivity contribution in [2.75, 3.05) is 19.4 Å². The number of fused-ring (bicyclic) bond motifs is 2. The zero-order valence-electron chi connectivity index (χ0n) is 18.0. The number of aryl methyl sites for hydroxylation is 1. The van der Waals surface area contributed by atoms with E-state index in [1.54, 1.807) is 23.2 Å². The van der Waals surface area contributed by atoms with E-state index in [4.69, 9.17) is 9.72 Å². The molecule has 1 aromatic carbocycles. The van der Waals surface area contributed by atoms with Crippen molar-refractivity contribution in [2.45, 2.75) is 38.3 Å². The van der Waals surface area contributed by atoms with Gasteiger partial charge in [0.15, 0.2) is 0 Å². The van der Waals surface area contributed by atoms with Crippen LogP contribution in [0.25, 0.3) is 10.9 Å². The molecule has 31 heavy (non-hydrogen) atoms. The average Bonchev–Trinajstić information content (AvgIpc) is 2.80. The first-order valence-corrected chi connectivity index (χ1v) is 11.6. The summed E-state index contributed by atoms with van der Waals surface area (Å²) in [6.07, 6.45) is 4.94. The number of benzene rings is 1. The molecule has 1 aliphatic rings. The van der Waals surface area contributed by atoms with Crippen LogP contribution in [-0.2, 0) is 17.7 Å². The van der Waals surface area contributed by atoms with Gasteiger partial charge in [-0.15, -0.1) is 11.8 Å². The van der Waals surface area contributed by atoms with Gasteiger partial charge >= 0.3 is 5.97 Å². The summed E-state index contributed by atoms with van der Waals surface area (Å²) >= 11 is 1.45. The standard InChI is InChI=1S/C24H25N3O3S/c1-4-12-30-24(29)21-17-13-15(2)7-8-19(17)26-20-9-11-27(14-18(20)21)23(28)16-6-5-10-25-22(16)31-3/h5-8,10,13H,4,9,11-12,14H2,1-3H3. The van der Waals surface area contributed by atoms with Crippen molar-refractivity contribution in [1.82, 2.24) is 14.9 Å². The van der Waals surface area contributed by atoms with Crippen LogP contribution in [0.5, 0.6) is 0 Å². The predicted octanol–water partition coefficient (Wildman–Crippen LogP) is 4.43. The van der Waals surface area contributed by atoms with E-state index >= 15 is 0 Å². The van der Waals surface area contributed by atoms with Crippen molar-refractivity contribution in [3.05, 3.63) is 64.5 Å². The highest BCUT2D eigenvalue weighted by Gasteiger charge is 2.30. The van der Waals surface area contributed by atoms with E-state index in [-0.39, 0.29) is 11.9 Å². The minimum absolute atomic E-state index is 0.0830. The lowest BCUT2D eigenvalue weighted by Crippen LogP contribution is -2.37. The number of carbonyl (C=O) groups is 2. The Kier molecular flexibility index (Phi) is 6.23. The normalized spacial score (nSPS) is 13.2. The molecule has 0 fully saturated rings. The number of nitrogens with zero attached hydrogens (tertiary/aromatic N) is 3. The molecule has 2 aromatic heterocycles. The number of carbonyl (C=O) groups excluding carboxylic acids is 2. The van der Waals surface area contributed by atoms with Crippen molar-refractivity contribution in [1.29, 1.82) is 0 Å². The number of rotatable bonds is 5. The molecule has 0 saturated heterocycles. The molecule has 3 aromatic rings. The van der Waals surface area contributed by atoms with Crippen LogP contribution in [0.3, 0.4) is 0 Å². The number of aromatic nitrogens is 2. The van der Waals surface area contributed by atoms with Gasteiger partial charge in [0.1, 0.15) is 5.03 Å².